The molecular weight excluding hydrogens is 236 g/mol. The summed E-state index contributed by atoms with van der Waals surface area (Å²) in [6.07, 6.45) is 8.27. The van der Waals surface area contributed by atoms with Crippen LogP contribution in [0.3, 0.4) is 0 Å². The van der Waals surface area contributed by atoms with E-state index in [0.717, 1.165) is 24.3 Å². The Balaban J connectivity index is 1.76. The molecule has 1 heterocycles. The molecule has 0 saturated heterocycles. The molecule has 3 nitrogen and oxygen atoms in total. The third-order valence-corrected chi connectivity index (χ3v) is 4.45. The Bertz CT molecular complexity index is 395. The molecule has 1 aliphatic carbocycles. The van der Waals surface area contributed by atoms with Crippen LogP contribution in [-0.2, 0) is 11.3 Å². The topological polar surface area (TPSA) is 44.9 Å². The SMILES string of the molecule is CC(C)(C)C1CCC(C(=O)NCc2cc[nH]c2)CC1. The van der Waals surface area contributed by atoms with Gasteiger partial charge in [0, 0.05) is 24.9 Å². The number of rotatable bonds is 3. The molecule has 0 aliphatic heterocycles. The average molecular weight is 262 g/mol. The van der Waals surface area contributed by atoms with E-state index in [4.69, 9.17) is 0 Å². The van der Waals surface area contributed by atoms with Gasteiger partial charge in [0.2, 0.25) is 5.91 Å². The zero-order chi connectivity index (χ0) is 13.9. The standard InChI is InChI=1S/C16H26N2O/c1-16(2,3)14-6-4-13(5-7-14)15(19)18-11-12-8-9-17-10-12/h8-10,13-14,17H,4-7,11H2,1-3H3,(H,18,19). The lowest BCUT2D eigenvalue weighted by atomic mass is 9.69. The molecule has 3 heteroatoms. The first-order chi connectivity index (χ1) is 8.97. The van der Waals surface area contributed by atoms with Crippen LogP contribution in [0.25, 0.3) is 0 Å². The van der Waals surface area contributed by atoms with E-state index in [1.54, 1.807) is 0 Å². The highest BCUT2D eigenvalue weighted by Crippen LogP contribution is 2.39. The van der Waals surface area contributed by atoms with E-state index in [1.807, 2.05) is 18.5 Å². The van der Waals surface area contributed by atoms with E-state index in [-0.39, 0.29) is 11.8 Å². The van der Waals surface area contributed by atoms with Crippen molar-refractivity contribution in [3.8, 4) is 0 Å². The fraction of sp³-hybridized carbons (Fsp3) is 0.688. The Labute approximate surface area is 116 Å². The molecule has 1 aromatic heterocycles. The molecule has 106 valence electrons. The molecule has 1 fully saturated rings. The second-order valence-electron chi connectivity index (χ2n) is 6.85. The molecule has 1 saturated carbocycles. The van der Waals surface area contributed by atoms with Crippen molar-refractivity contribution in [2.24, 2.45) is 17.3 Å². The molecule has 2 N–H and O–H groups in total. The largest absolute Gasteiger partial charge is 0.367 e. The highest BCUT2D eigenvalue weighted by atomic mass is 16.1. The fourth-order valence-corrected chi connectivity index (χ4v) is 3.02. The van der Waals surface area contributed by atoms with Gasteiger partial charge in [-0.1, -0.05) is 20.8 Å². The van der Waals surface area contributed by atoms with Crippen molar-refractivity contribution in [1.29, 1.82) is 0 Å². The number of aromatic nitrogens is 1. The van der Waals surface area contributed by atoms with E-state index in [2.05, 4.69) is 31.1 Å². The van der Waals surface area contributed by atoms with Crippen LogP contribution in [0.15, 0.2) is 18.5 Å². The van der Waals surface area contributed by atoms with Crippen molar-refractivity contribution < 1.29 is 4.79 Å². The number of carbonyl (C=O) groups is 1. The third-order valence-electron chi connectivity index (χ3n) is 4.45. The Kier molecular flexibility index (Phi) is 4.33. The van der Waals surface area contributed by atoms with Gasteiger partial charge in [0.05, 0.1) is 0 Å². The maximum Gasteiger partial charge on any atom is 0.223 e. The normalized spacial score (nSPS) is 24.2. The Morgan fingerprint density at radius 1 is 1.32 bits per heavy atom. The van der Waals surface area contributed by atoms with Gasteiger partial charge in [-0.05, 0) is 48.6 Å². The van der Waals surface area contributed by atoms with Crippen molar-refractivity contribution in [3.05, 3.63) is 24.0 Å². The second kappa shape index (κ2) is 5.81. The summed E-state index contributed by atoms with van der Waals surface area (Å²) in [5.41, 5.74) is 1.52. The van der Waals surface area contributed by atoms with Crippen LogP contribution in [0.5, 0.6) is 0 Å². The van der Waals surface area contributed by atoms with Crippen molar-refractivity contribution in [3.63, 3.8) is 0 Å². The minimum absolute atomic E-state index is 0.220. The summed E-state index contributed by atoms with van der Waals surface area (Å²) < 4.78 is 0. The van der Waals surface area contributed by atoms with E-state index >= 15 is 0 Å². The highest BCUT2D eigenvalue weighted by Gasteiger charge is 2.32. The van der Waals surface area contributed by atoms with Crippen molar-refractivity contribution in [1.82, 2.24) is 10.3 Å². The molecule has 0 aromatic carbocycles. The summed E-state index contributed by atoms with van der Waals surface area (Å²) in [4.78, 5) is 15.1. The third kappa shape index (κ3) is 3.85. The molecular formula is C16H26N2O. The summed E-state index contributed by atoms with van der Waals surface area (Å²) in [6, 6.07) is 2.00. The van der Waals surface area contributed by atoms with Crippen molar-refractivity contribution in [2.45, 2.75) is 53.0 Å². The van der Waals surface area contributed by atoms with Gasteiger partial charge in [0.25, 0.3) is 0 Å². The fourth-order valence-electron chi connectivity index (χ4n) is 3.02. The van der Waals surface area contributed by atoms with Gasteiger partial charge in [-0.15, -0.1) is 0 Å². The van der Waals surface area contributed by atoms with Crippen LogP contribution in [0.1, 0.15) is 52.0 Å². The van der Waals surface area contributed by atoms with Crippen LogP contribution in [0.4, 0.5) is 0 Å². The number of hydrogen-bond donors (Lipinski definition) is 2. The van der Waals surface area contributed by atoms with E-state index in [0.29, 0.717) is 12.0 Å². The molecule has 0 spiro atoms. The minimum Gasteiger partial charge on any atom is -0.367 e. The molecule has 0 unspecified atom stereocenters. The first-order valence-electron chi connectivity index (χ1n) is 7.36. The maximum atomic E-state index is 12.1. The Hall–Kier alpha value is -1.25. The number of hydrogen-bond acceptors (Lipinski definition) is 1. The van der Waals surface area contributed by atoms with Crippen LogP contribution in [0.2, 0.25) is 0 Å². The summed E-state index contributed by atoms with van der Waals surface area (Å²) in [7, 11) is 0. The summed E-state index contributed by atoms with van der Waals surface area (Å²) in [5, 5.41) is 3.05. The van der Waals surface area contributed by atoms with Gasteiger partial charge in [0.15, 0.2) is 0 Å². The first kappa shape index (κ1) is 14.2. The van der Waals surface area contributed by atoms with E-state index in [1.165, 1.54) is 12.8 Å². The number of nitrogens with one attached hydrogen (secondary N) is 2. The smallest absolute Gasteiger partial charge is 0.223 e. The van der Waals surface area contributed by atoms with Crippen molar-refractivity contribution >= 4 is 5.91 Å². The molecule has 0 radical (unpaired) electrons. The zero-order valence-electron chi connectivity index (χ0n) is 12.3. The molecule has 2 rings (SSSR count). The predicted octanol–water partition coefficient (Wildman–Crippen LogP) is 3.48. The van der Waals surface area contributed by atoms with Crippen LogP contribution in [-0.4, -0.2) is 10.9 Å². The molecule has 1 aromatic rings. The molecule has 19 heavy (non-hydrogen) atoms. The predicted molar refractivity (Wildman–Crippen MR) is 77.5 cm³/mol. The average Bonchev–Trinajstić information content (AvgIpc) is 2.88. The highest BCUT2D eigenvalue weighted by molar-refractivity contribution is 5.78. The van der Waals surface area contributed by atoms with Crippen molar-refractivity contribution in [2.75, 3.05) is 0 Å². The van der Waals surface area contributed by atoms with Crippen LogP contribution in [0, 0.1) is 17.3 Å². The quantitative estimate of drug-likeness (QED) is 0.860. The molecule has 0 atom stereocenters. The molecule has 1 aliphatic rings. The number of amides is 1. The van der Waals surface area contributed by atoms with Gasteiger partial charge in [-0.2, -0.15) is 0 Å². The summed E-state index contributed by atoms with van der Waals surface area (Å²) in [5.74, 6) is 1.22. The van der Waals surface area contributed by atoms with Gasteiger partial charge in [-0.25, -0.2) is 0 Å². The number of carbonyl (C=O) groups excluding carboxylic acids is 1. The lowest BCUT2D eigenvalue weighted by molar-refractivity contribution is -0.126. The monoisotopic (exact) mass is 262 g/mol. The van der Waals surface area contributed by atoms with Gasteiger partial charge < -0.3 is 10.3 Å². The maximum absolute atomic E-state index is 12.1. The van der Waals surface area contributed by atoms with E-state index in [9.17, 15) is 4.79 Å². The van der Waals surface area contributed by atoms with Gasteiger partial charge in [-0.3, -0.25) is 4.79 Å². The number of H-pyrrole nitrogens is 1. The molecule has 0 bridgehead atoms. The summed E-state index contributed by atoms with van der Waals surface area (Å²) >= 11 is 0. The number of aromatic amines is 1. The Morgan fingerprint density at radius 3 is 2.53 bits per heavy atom. The van der Waals surface area contributed by atoms with Gasteiger partial charge in [0.1, 0.15) is 0 Å². The van der Waals surface area contributed by atoms with Crippen LogP contribution < -0.4 is 5.32 Å². The summed E-state index contributed by atoms with van der Waals surface area (Å²) in [6.45, 7) is 7.57. The van der Waals surface area contributed by atoms with E-state index < -0.39 is 0 Å². The minimum atomic E-state index is 0.220. The zero-order valence-corrected chi connectivity index (χ0v) is 12.3. The Morgan fingerprint density at radius 2 is 2.00 bits per heavy atom. The lowest BCUT2D eigenvalue weighted by Crippen LogP contribution is -2.35. The first-order valence-corrected chi connectivity index (χ1v) is 7.36. The lowest BCUT2D eigenvalue weighted by Gasteiger charge is -2.36. The van der Waals surface area contributed by atoms with Gasteiger partial charge >= 0.3 is 0 Å². The molecule has 1 amide bonds. The van der Waals surface area contributed by atoms with Crippen LogP contribution >= 0.6 is 0 Å². The second-order valence-corrected chi connectivity index (χ2v) is 6.85.